The molecule has 2 N–H and O–H groups in total. The molecule has 88 valence electrons. The second kappa shape index (κ2) is 4.29. The fourth-order valence-electron chi connectivity index (χ4n) is 1.61. The maximum absolute atomic E-state index is 11.3. The van der Waals surface area contributed by atoms with Gasteiger partial charge in [0.05, 0.1) is 7.11 Å². The van der Waals surface area contributed by atoms with E-state index in [0.717, 1.165) is 11.3 Å². The first-order chi connectivity index (χ1) is 8.10. The average Bonchev–Trinajstić information content (AvgIpc) is 2.76. The summed E-state index contributed by atoms with van der Waals surface area (Å²) in [6, 6.07) is 5.65. The Morgan fingerprint density at radius 2 is 2.18 bits per heavy atom. The zero-order valence-electron chi connectivity index (χ0n) is 9.68. The molecule has 0 amide bonds. The molecule has 0 saturated carbocycles. The van der Waals surface area contributed by atoms with Crippen molar-refractivity contribution in [1.29, 1.82) is 0 Å². The number of nitrogen functional groups attached to an aromatic ring is 1. The molecule has 1 aromatic heterocycles. The molecule has 0 aliphatic heterocycles. The van der Waals surface area contributed by atoms with E-state index in [1.54, 1.807) is 17.1 Å². The number of esters is 1. The third-order valence-corrected chi connectivity index (χ3v) is 2.36. The van der Waals surface area contributed by atoms with Crippen molar-refractivity contribution in [1.82, 2.24) is 9.55 Å². The summed E-state index contributed by atoms with van der Waals surface area (Å²) in [5.41, 5.74) is 8.62. The van der Waals surface area contributed by atoms with Crippen molar-refractivity contribution in [2.24, 2.45) is 0 Å². The van der Waals surface area contributed by atoms with Crippen molar-refractivity contribution in [3.8, 4) is 5.69 Å². The Hall–Kier alpha value is -2.30. The number of imidazole rings is 1. The van der Waals surface area contributed by atoms with Crippen molar-refractivity contribution in [3.05, 3.63) is 42.0 Å². The predicted molar refractivity (Wildman–Crippen MR) is 64.1 cm³/mol. The van der Waals surface area contributed by atoms with Crippen LogP contribution in [0.2, 0.25) is 0 Å². The number of anilines is 1. The van der Waals surface area contributed by atoms with Crippen LogP contribution in [-0.2, 0) is 4.74 Å². The molecule has 17 heavy (non-hydrogen) atoms. The standard InChI is InChI=1S/C12H13N3O2/c1-8-3-9(13)5-10(4-8)15-6-11(14-7-15)12(16)17-2/h3-7H,13H2,1-2H3. The number of rotatable bonds is 2. The van der Waals surface area contributed by atoms with Gasteiger partial charge in [0.2, 0.25) is 0 Å². The Kier molecular flexibility index (Phi) is 2.82. The van der Waals surface area contributed by atoms with Gasteiger partial charge in [0, 0.05) is 17.6 Å². The van der Waals surface area contributed by atoms with E-state index in [1.807, 2.05) is 25.1 Å². The van der Waals surface area contributed by atoms with Gasteiger partial charge in [0.25, 0.3) is 0 Å². The second-order valence-corrected chi connectivity index (χ2v) is 3.76. The number of nitrogens with two attached hydrogens (primary N) is 1. The highest BCUT2D eigenvalue weighted by Crippen LogP contribution is 2.16. The first-order valence-electron chi connectivity index (χ1n) is 5.10. The first kappa shape index (κ1) is 11.2. The molecule has 0 radical (unpaired) electrons. The monoisotopic (exact) mass is 231 g/mol. The Labute approximate surface area is 98.8 Å². The van der Waals surface area contributed by atoms with Gasteiger partial charge >= 0.3 is 5.97 Å². The lowest BCUT2D eigenvalue weighted by Crippen LogP contribution is -2.01. The van der Waals surface area contributed by atoms with Crippen LogP contribution in [0.25, 0.3) is 5.69 Å². The fraction of sp³-hybridized carbons (Fsp3) is 0.167. The SMILES string of the molecule is COC(=O)c1cn(-c2cc(C)cc(N)c2)cn1. The van der Waals surface area contributed by atoms with Crippen LogP contribution >= 0.6 is 0 Å². The van der Waals surface area contributed by atoms with Gasteiger partial charge in [-0.25, -0.2) is 9.78 Å². The third-order valence-electron chi connectivity index (χ3n) is 2.36. The van der Waals surface area contributed by atoms with Gasteiger partial charge in [0.15, 0.2) is 5.69 Å². The molecule has 0 spiro atoms. The summed E-state index contributed by atoms with van der Waals surface area (Å²) >= 11 is 0. The van der Waals surface area contributed by atoms with Crippen LogP contribution in [0.5, 0.6) is 0 Å². The number of carbonyl (C=O) groups is 1. The fourth-order valence-corrected chi connectivity index (χ4v) is 1.61. The maximum Gasteiger partial charge on any atom is 0.358 e. The highest BCUT2D eigenvalue weighted by Gasteiger charge is 2.09. The van der Waals surface area contributed by atoms with Crippen molar-refractivity contribution < 1.29 is 9.53 Å². The molecule has 1 heterocycles. The highest BCUT2D eigenvalue weighted by atomic mass is 16.5. The number of hydrogen-bond donors (Lipinski definition) is 1. The molecule has 0 saturated heterocycles. The van der Waals surface area contributed by atoms with Gasteiger partial charge in [-0.1, -0.05) is 0 Å². The Balaban J connectivity index is 2.40. The van der Waals surface area contributed by atoms with E-state index in [9.17, 15) is 4.79 Å². The summed E-state index contributed by atoms with van der Waals surface area (Å²) in [4.78, 5) is 15.2. The molecule has 0 fully saturated rings. The zero-order chi connectivity index (χ0) is 12.4. The van der Waals surface area contributed by atoms with Gasteiger partial charge in [-0.2, -0.15) is 0 Å². The Bertz CT molecular complexity index is 540. The van der Waals surface area contributed by atoms with Gasteiger partial charge in [-0.05, 0) is 30.7 Å². The molecule has 2 aromatic rings. The molecule has 0 bridgehead atoms. The molecule has 0 aliphatic rings. The number of carbonyl (C=O) groups excluding carboxylic acids is 1. The molecule has 5 heteroatoms. The second-order valence-electron chi connectivity index (χ2n) is 3.76. The van der Waals surface area contributed by atoms with Crippen molar-refractivity contribution in [3.63, 3.8) is 0 Å². The van der Waals surface area contributed by atoms with Crippen molar-refractivity contribution in [2.75, 3.05) is 12.8 Å². The normalized spacial score (nSPS) is 10.2. The minimum Gasteiger partial charge on any atom is -0.464 e. The van der Waals surface area contributed by atoms with Crippen LogP contribution in [0.3, 0.4) is 0 Å². The minimum atomic E-state index is -0.454. The summed E-state index contributed by atoms with van der Waals surface area (Å²) in [5, 5.41) is 0. The average molecular weight is 231 g/mol. The lowest BCUT2D eigenvalue weighted by Gasteiger charge is -2.04. The van der Waals surface area contributed by atoms with Crippen LogP contribution in [-0.4, -0.2) is 22.6 Å². The smallest absolute Gasteiger partial charge is 0.358 e. The van der Waals surface area contributed by atoms with Crippen LogP contribution < -0.4 is 5.73 Å². The summed E-state index contributed by atoms with van der Waals surface area (Å²) in [5.74, 6) is -0.454. The van der Waals surface area contributed by atoms with E-state index in [1.165, 1.54) is 7.11 Å². The van der Waals surface area contributed by atoms with Crippen molar-refractivity contribution in [2.45, 2.75) is 6.92 Å². The van der Waals surface area contributed by atoms with Crippen LogP contribution in [0.1, 0.15) is 16.1 Å². The summed E-state index contributed by atoms with van der Waals surface area (Å²) in [7, 11) is 1.33. The molecular formula is C12H13N3O2. The van der Waals surface area contributed by atoms with Gasteiger partial charge in [0.1, 0.15) is 6.33 Å². The quantitative estimate of drug-likeness (QED) is 0.628. The molecule has 5 nitrogen and oxygen atoms in total. The molecule has 2 rings (SSSR count). The summed E-state index contributed by atoms with van der Waals surface area (Å²) in [6.45, 7) is 1.96. The zero-order valence-corrected chi connectivity index (χ0v) is 9.68. The number of aromatic nitrogens is 2. The van der Waals surface area contributed by atoms with Gasteiger partial charge in [-0.3, -0.25) is 0 Å². The van der Waals surface area contributed by atoms with E-state index in [-0.39, 0.29) is 5.69 Å². The number of methoxy groups -OCH3 is 1. The minimum absolute atomic E-state index is 0.271. The topological polar surface area (TPSA) is 70.1 Å². The first-order valence-corrected chi connectivity index (χ1v) is 5.10. The molecule has 0 unspecified atom stereocenters. The number of ether oxygens (including phenoxy) is 1. The van der Waals surface area contributed by atoms with E-state index < -0.39 is 5.97 Å². The highest BCUT2D eigenvalue weighted by molar-refractivity contribution is 5.86. The number of nitrogens with zero attached hydrogens (tertiary/aromatic N) is 2. The van der Waals surface area contributed by atoms with Crippen LogP contribution in [0, 0.1) is 6.92 Å². The maximum atomic E-state index is 11.3. The largest absolute Gasteiger partial charge is 0.464 e. The number of aryl methyl sites for hydroxylation is 1. The molecule has 1 aromatic carbocycles. The number of hydrogen-bond acceptors (Lipinski definition) is 4. The molecule has 0 atom stereocenters. The molecule has 0 aliphatic carbocycles. The Morgan fingerprint density at radius 3 is 2.82 bits per heavy atom. The summed E-state index contributed by atoms with van der Waals surface area (Å²) < 4.78 is 6.33. The summed E-state index contributed by atoms with van der Waals surface area (Å²) in [6.07, 6.45) is 3.17. The van der Waals surface area contributed by atoms with Crippen molar-refractivity contribution >= 4 is 11.7 Å². The third kappa shape index (κ3) is 2.28. The predicted octanol–water partition coefficient (Wildman–Crippen LogP) is 1.55. The van der Waals surface area contributed by atoms with Crippen LogP contribution in [0.4, 0.5) is 5.69 Å². The van der Waals surface area contributed by atoms with E-state index in [2.05, 4.69) is 9.72 Å². The van der Waals surface area contributed by atoms with Gasteiger partial charge in [-0.15, -0.1) is 0 Å². The van der Waals surface area contributed by atoms with E-state index in [0.29, 0.717) is 5.69 Å². The van der Waals surface area contributed by atoms with E-state index in [4.69, 9.17) is 5.73 Å². The Morgan fingerprint density at radius 1 is 1.41 bits per heavy atom. The number of benzene rings is 1. The lowest BCUT2D eigenvalue weighted by molar-refractivity contribution is 0.0594. The lowest BCUT2D eigenvalue weighted by atomic mass is 10.2. The van der Waals surface area contributed by atoms with Gasteiger partial charge < -0.3 is 15.0 Å². The van der Waals surface area contributed by atoms with E-state index >= 15 is 0 Å². The molecular weight excluding hydrogens is 218 g/mol. The van der Waals surface area contributed by atoms with Crippen LogP contribution in [0.15, 0.2) is 30.7 Å².